The fourth-order valence-corrected chi connectivity index (χ4v) is 3.01. The number of amides is 1. The average Bonchev–Trinajstić information content (AvgIpc) is 2.93. The van der Waals surface area contributed by atoms with E-state index >= 15 is 0 Å². The SMILES string of the molecule is COc1ccc(C(O)=C2C(=O)C(=O)N(CCO)[C@H]2c2cccnc2)cc1. The molecule has 1 amide bonds. The normalized spacial score (nSPS) is 19.0. The number of β-amino-alcohol motifs (C(OH)–C–C–N with tert-alkyl or cyclic N) is 1. The van der Waals surface area contributed by atoms with Crippen molar-refractivity contribution in [1.82, 2.24) is 9.88 Å². The third-order valence-corrected chi connectivity index (χ3v) is 4.24. The highest BCUT2D eigenvalue weighted by atomic mass is 16.5. The Labute approximate surface area is 150 Å². The molecule has 0 unspecified atom stereocenters. The number of nitrogens with zero attached hydrogens (tertiary/aromatic N) is 2. The first-order valence-corrected chi connectivity index (χ1v) is 8.02. The molecule has 2 N–H and O–H groups in total. The van der Waals surface area contributed by atoms with Gasteiger partial charge in [-0.05, 0) is 35.9 Å². The van der Waals surface area contributed by atoms with Gasteiger partial charge in [-0.1, -0.05) is 6.07 Å². The quantitative estimate of drug-likeness (QED) is 0.480. The summed E-state index contributed by atoms with van der Waals surface area (Å²) in [6.07, 6.45) is 3.10. The zero-order valence-electron chi connectivity index (χ0n) is 14.1. The van der Waals surface area contributed by atoms with Crippen LogP contribution in [0.4, 0.5) is 0 Å². The maximum Gasteiger partial charge on any atom is 0.295 e. The summed E-state index contributed by atoms with van der Waals surface area (Å²) < 4.78 is 5.09. The number of aliphatic hydroxyl groups is 2. The van der Waals surface area contributed by atoms with Crippen molar-refractivity contribution in [3.05, 3.63) is 65.5 Å². The van der Waals surface area contributed by atoms with Crippen LogP contribution in [0.5, 0.6) is 5.75 Å². The fraction of sp³-hybridized carbons (Fsp3) is 0.211. The van der Waals surface area contributed by atoms with Crippen LogP contribution in [0, 0.1) is 0 Å². The molecule has 0 aliphatic carbocycles. The number of pyridine rings is 1. The van der Waals surface area contributed by atoms with Crippen molar-refractivity contribution in [1.29, 1.82) is 0 Å². The van der Waals surface area contributed by atoms with Gasteiger partial charge in [-0.2, -0.15) is 0 Å². The standard InChI is InChI=1S/C19H18N2O5/c1-26-14-6-4-12(5-7-14)17(23)15-16(13-3-2-8-20-11-13)21(9-10-22)19(25)18(15)24/h2-8,11,16,22-23H,9-10H2,1H3/t16-/m0/s1. The second kappa shape index (κ2) is 7.37. The zero-order valence-corrected chi connectivity index (χ0v) is 14.1. The molecule has 1 aliphatic rings. The monoisotopic (exact) mass is 354 g/mol. The molecule has 1 aromatic heterocycles. The molecule has 0 bridgehead atoms. The number of rotatable bonds is 5. The Morgan fingerprint density at radius 3 is 2.54 bits per heavy atom. The zero-order chi connectivity index (χ0) is 18.7. The van der Waals surface area contributed by atoms with E-state index in [1.54, 1.807) is 42.6 Å². The van der Waals surface area contributed by atoms with Crippen molar-refractivity contribution in [3.63, 3.8) is 0 Å². The van der Waals surface area contributed by atoms with Crippen molar-refractivity contribution < 1.29 is 24.5 Å². The van der Waals surface area contributed by atoms with Crippen LogP contribution < -0.4 is 4.74 Å². The number of methoxy groups -OCH3 is 1. The van der Waals surface area contributed by atoms with Crippen molar-refractivity contribution in [2.45, 2.75) is 6.04 Å². The van der Waals surface area contributed by atoms with Crippen LogP contribution in [0.25, 0.3) is 5.76 Å². The highest BCUT2D eigenvalue weighted by Gasteiger charge is 2.45. The highest BCUT2D eigenvalue weighted by molar-refractivity contribution is 6.46. The Hall–Kier alpha value is -3.19. The van der Waals surface area contributed by atoms with Crippen LogP contribution in [0.2, 0.25) is 0 Å². The van der Waals surface area contributed by atoms with Gasteiger partial charge < -0.3 is 19.8 Å². The van der Waals surface area contributed by atoms with Gasteiger partial charge in [0.15, 0.2) is 0 Å². The van der Waals surface area contributed by atoms with Crippen LogP contribution in [0.3, 0.4) is 0 Å². The number of carbonyl (C=O) groups excluding carboxylic acids is 2. The molecule has 2 aromatic rings. The molecule has 26 heavy (non-hydrogen) atoms. The largest absolute Gasteiger partial charge is 0.507 e. The number of aromatic nitrogens is 1. The molecule has 134 valence electrons. The maximum atomic E-state index is 12.6. The topological polar surface area (TPSA) is 100.0 Å². The fourth-order valence-electron chi connectivity index (χ4n) is 3.01. The number of hydrogen-bond donors (Lipinski definition) is 2. The number of carbonyl (C=O) groups is 2. The minimum absolute atomic E-state index is 0.0243. The van der Waals surface area contributed by atoms with Gasteiger partial charge in [0.05, 0.1) is 25.3 Å². The van der Waals surface area contributed by atoms with E-state index < -0.39 is 17.7 Å². The molecule has 0 radical (unpaired) electrons. The molecular weight excluding hydrogens is 336 g/mol. The summed E-state index contributed by atoms with van der Waals surface area (Å²) in [6, 6.07) is 9.10. The minimum Gasteiger partial charge on any atom is -0.507 e. The van der Waals surface area contributed by atoms with Gasteiger partial charge >= 0.3 is 0 Å². The number of aliphatic hydroxyl groups excluding tert-OH is 2. The predicted octanol–water partition coefficient (Wildman–Crippen LogP) is 1.50. The number of Topliss-reactive ketones (excluding diaryl/α,β-unsaturated/α-hetero) is 1. The van der Waals surface area contributed by atoms with E-state index in [1.807, 2.05) is 0 Å². The van der Waals surface area contributed by atoms with Crippen LogP contribution in [-0.2, 0) is 9.59 Å². The van der Waals surface area contributed by atoms with Gasteiger partial charge in [0.25, 0.3) is 11.7 Å². The summed E-state index contributed by atoms with van der Waals surface area (Å²) in [6.45, 7) is -0.324. The van der Waals surface area contributed by atoms with E-state index in [-0.39, 0.29) is 24.5 Å². The lowest BCUT2D eigenvalue weighted by atomic mass is 9.96. The van der Waals surface area contributed by atoms with E-state index in [1.165, 1.54) is 18.2 Å². The predicted molar refractivity (Wildman–Crippen MR) is 93.3 cm³/mol. The highest BCUT2D eigenvalue weighted by Crippen LogP contribution is 2.38. The smallest absolute Gasteiger partial charge is 0.295 e. The van der Waals surface area contributed by atoms with Crippen LogP contribution >= 0.6 is 0 Å². The molecule has 3 rings (SSSR count). The lowest BCUT2D eigenvalue weighted by Crippen LogP contribution is -2.32. The first-order valence-electron chi connectivity index (χ1n) is 8.02. The minimum atomic E-state index is -0.807. The molecule has 1 aromatic carbocycles. The van der Waals surface area contributed by atoms with E-state index in [9.17, 15) is 19.8 Å². The Morgan fingerprint density at radius 2 is 1.96 bits per heavy atom. The van der Waals surface area contributed by atoms with Gasteiger partial charge in [-0.25, -0.2) is 0 Å². The molecule has 0 saturated carbocycles. The van der Waals surface area contributed by atoms with E-state index in [4.69, 9.17) is 4.74 Å². The molecule has 1 aliphatic heterocycles. The average molecular weight is 354 g/mol. The van der Waals surface area contributed by atoms with Crippen molar-refractivity contribution in [2.75, 3.05) is 20.3 Å². The summed E-state index contributed by atoms with van der Waals surface area (Å²) in [5, 5.41) is 20.0. The van der Waals surface area contributed by atoms with Gasteiger partial charge in [0.1, 0.15) is 11.5 Å². The first-order chi connectivity index (χ1) is 12.6. The summed E-state index contributed by atoms with van der Waals surface area (Å²) in [5.41, 5.74) is 0.943. The molecule has 7 nitrogen and oxygen atoms in total. The van der Waals surface area contributed by atoms with Crippen molar-refractivity contribution in [3.8, 4) is 5.75 Å². The first kappa shape index (κ1) is 17.6. The molecule has 0 spiro atoms. The third-order valence-electron chi connectivity index (χ3n) is 4.24. The number of ether oxygens (including phenoxy) is 1. The van der Waals surface area contributed by atoms with Gasteiger partial charge in [0, 0.05) is 24.5 Å². The maximum absolute atomic E-state index is 12.6. The van der Waals surface area contributed by atoms with E-state index in [0.717, 1.165) is 0 Å². The molecule has 1 fully saturated rings. The van der Waals surface area contributed by atoms with Gasteiger partial charge in [-0.3, -0.25) is 14.6 Å². The lowest BCUT2D eigenvalue weighted by Gasteiger charge is -2.24. The van der Waals surface area contributed by atoms with Crippen LogP contribution in [-0.4, -0.2) is 52.0 Å². The second-order valence-electron chi connectivity index (χ2n) is 5.73. The summed E-state index contributed by atoms with van der Waals surface area (Å²) in [4.78, 5) is 30.3. The molecule has 1 saturated heterocycles. The van der Waals surface area contributed by atoms with E-state index in [0.29, 0.717) is 16.9 Å². The van der Waals surface area contributed by atoms with Crippen LogP contribution in [0.15, 0.2) is 54.4 Å². The Kier molecular flexibility index (Phi) is 4.99. The molecular formula is C19H18N2O5. The van der Waals surface area contributed by atoms with Crippen LogP contribution in [0.1, 0.15) is 17.2 Å². The second-order valence-corrected chi connectivity index (χ2v) is 5.73. The van der Waals surface area contributed by atoms with E-state index in [2.05, 4.69) is 4.98 Å². The van der Waals surface area contributed by atoms with Gasteiger partial charge in [-0.15, -0.1) is 0 Å². The Morgan fingerprint density at radius 1 is 1.23 bits per heavy atom. The molecule has 2 heterocycles. The third kappa shape index (κ3) is 3.04. The van der Waals surface area contributed by atoms with Crippen molar-refractivity contribution in [2.24, 2.45) is 0 Å². The van der Waals surface area contributed by atoms with Gasteiger partial charge in [0.2, 0.25) is 0 Å². The number of likely N-dealkylation sites (tertiary alicyclic amines) is 1. The summed E-state index contributed by atoms with van der Waals surface area (Å²) in [7, 11) is 1.53. The summed E-state index contributed by atoms with van der Waals surface area (Å²) in [5.74, 6) is -1.23. The number of hydrogen-bond acceptors (Lipinski definition) is 6. The molecule has 1 atom stereocenters. The van der Waals surface area contributed by atoms with Crippen molar-refractivity contribution >= 4 is 17.4 Å². The number of ketones is 1. The lowest BCUT2D eigenvalue weighted by molar-refractivity contribution is -0.140. The number of benzene rings is 1. The Balaban J connectivity index is 2.14. The Bertz CT molecular complexity index is 846. The molecule has 7 heteroatoms. The summed E-state index contributed by atoms with van der Waals surface area (Å²) >= 11 is 0.